The molecule has 2 aliphatic heterocycles. The first-order valence-corrected chi connectivity index (χ1v) is 12.1. The van der Waals surface area contributed by atoms with Gasteiger partial charge in [-0.25, -0.2) is 0 Å². The van der Waals surface area contributed by atoms with Gasteiger partial charge in [0, 0.05) is 32.2 Å². The zero-order valence-electron chi connectivity index (χ0n) is 21.1. The SMILES string of the molecule is COCO[C@@H]1[C@H]2OC(C)(C)O[C@@H]2C2=CCN(Cc3ccccc3)[C@@H]2[C@H]1c1ccc(OC)c(OC)c1. The fourth-order valence-electron chi connectivity index (χ4n) is 5.82. The van der Waals surface area contributed by atoms with Crippen LogP contribution in [0.3, 0.4) is 0 Å². The van der Waals surface area contributed by atoms with E-state index in [1.165, 1.54) is 11.1 Å². The van der Waals surface area contributed by atoms with E-state index in [4.69, 9.17) is 28.4 Å². The minimum atomic E-state index is -0.700. The molecule has 5 atom stereocenters. The Hall–Kier alpha value is -2.42. The van der Waals surface area contributed by atoms with Crippen molar-refractivity contribution in [1.29, 1.82) is 0 Å². The van der Waals surface area contributed by atoms with E-state index >= 15 is 0 Å². The first-order chi connectivity index (χ1) is 17.0. The molecule has 0 amide bonds. The lowest BCUT2D eigenvalue weighted by Crippen LogP contribution is -2.56. The Morgan fingerprint density at radius 1 is 0.971 bits per heavy atom. The summed E-state index contributed by atoms with van der Waals surface area (Å²) in [6.07, 6.45) is 1.61. The lowest BCUT2D eigenvalue weighted by molar-refractivity contribution is -0.174. The molecule has 0 spiro atoms. The second kappa shape index (κ2) is 9.91. The Bertz CT molecular complexity index is 1050. The quantitative estimate of drug-likeness (QED) is 0.415. The Balaban J connectivity index is 1.59. The molecule has 2 aromatic rings. The average Bonchev–Trinajstić information content (AvgIpc) is 3.42. The standard InChI is InChI=1S/C28H35NO6/c1-28(2)34-25-20-13-14-29(16-18-9-7-6-8-10-18)24(20)23(26(27(25)35-28)33-17-30-3)19-11-12-21(31-4)22(15-19)32-5/h6-13,15,23-27H,14,16-17H2,1-5H3/t23-,24+,25-,26+,27+/m1/s1. The number of fused-ring (bicyclic) bond motifs is 3. The summed E-state index contributed by atoms with van der Waals surface area (Å²) < 4.78 is 35.8. The Morgan fingerprint density at radius 3 is 2.46 bits per heavy atom. The molecule has 2 aromatic carbocycles. The third kappa shape index (κ3) is 4.59. The largest absolute Gasteiger partial charge is 0.493 e. The van der Waals surface area contributed by atoms with Crippen LogP contribution in [0.4, 0.5) is 0 Å². The van der Waals surface area contributed by atoms with Crippen molar-refractivity contribution in [3.63, 3.8) is 0 Å². The molecule has 3 aliphatic rings. The van der Waals surface area contributed by atoms with Crippen molar-refractivity contribution < 1.29 is 28.4 Å². The molecule has 5 rings (SSSR count). The third-order valence-corrected chi connectivity index (χ3v) is 7.17. The van der Waals surface area contributed by atoms with Gasteiger partial charge in [0.05, 0.1) is 20.3 Å². The third-order valence-electron chi connectivity index (χ3n) is 7.17. The van der Waals surface area contributed by atoms with Gasteiger partial charge in [-0.3, -0.25) is 4.90 Å². The van der Waals surface area contributed by atoms with E-state index in [2.05, 4.69) is 53.4 Å². The summed E-state index contributed by atoms with van der Waals surface area (Å²) in [5.41, 5.74) is 3.63. The van der Waals surface area contributed by atoms with Crippen molar-refractivity contribution >= 4 is 0 Å². The zero-order valence-corrected chi connectivity index (χ0v) is 21.1. The molecule has 1 saturated carbocycles. The molecule has 188 valence electrons. The predicted octanol–water partition coefficient (Wildman–Crippen LogP) is 4.12. The van der Waals surface area contributed by atoms with Crippen molar-refractivity contribution in [1.82, 2.24) is 4.90 Å². The van der Waals surface area contributed by atoms with Crippen LogP contribution in [0, 0.1) is 0 Å². The minimum Gasteiger partial charge on any atom is -0.493 e. The number of benzene rings is 2. The highest BCUT2D eigenvalue weighted by molar-refractivity contribution is 5.47. The second-order valence-electron chi connectivity index (χ2n) is 9.76. The van der Waals surface area contributed by atoms with Gasteiger partial charge in [0.25, 0.3) is 0 Å². The van der Waals surface area contributed by atoms with Gasteiger partial charge in [-0.05, 0) is 42.7 Å². The predicted molar refractivity (Wildman–Crippen MR) is 132 cm³/mol. The van der Waals surface area contributed by atoms with Gasteiger partial charge in [0.15, 0.2) is 17.3 Å². The molecule has 7 nitrogen and oxygen atoms in total. The highest BCUT2D eigenvalue weighted by Gasteiger charge is 2.58. The molecule has 7 heteroatoms. The van der Waals surface area contributed by atoms with Crippen LogP contribution in [0.1, 0.15) is 30.9 Å². The zero-order chi connectivity index (χ0) is 24.6. The summed E-state index contributed by atoms with van der Waals surface area (Å²) in [4.78, 5) is 2.50. The van der Waals surface area contributed by atoms with Crippen molar-refractivity contribution in [3.8, 4) is 11.5 Å². The first-order valence-electron chi connectivity index (χ1n) is 12.1. The maximum atomic E-state index is 6.46. The number of hydrogen-bond acceptors (Lipinski definition) is 7. The number of hydrogen-bond donors (Lipinski definition) is 0. The van der Waals surface area contributed by atoms with Crippen molar-refractivity contribution in [2.45, 2.75) is 56.5 Å². The summed E-state index contributed by atoms with van der Waals surface area (Å²) >= 11 is 0. The van der Waals surface area contributed by atoms with Crippen LogP contribution in [0.25, 0.3) is 0 Å². The van der Waals surface area contributed by atoms with Crippen LogP contribution in [-0.2, 0) is 25.5 Å². The van der Waals surface area contributed by atoms with Gasteiger partial charge in [-0.2, -0.15) is 0 Å². The normalized spacial score (nSPS) is 29.4. The summed E-state index contributed by atoms with van der Waals surface area (Å²) in [5, 5.41) is 0. The smallest absolute Gasteiger partial charge is 0.164 e. The monoisotopic (exact) mass is 481 g/mol. The van der Waals surface area contributed by atoms with Crippen molar-refractivity contribution in [2.24, 2.45) is 0 Å². The van der Waals surface area contributed by atoms with Crippen molar-refractivity contribution in [3.05, 3.63) is 71.3 Å². The maximum Gasteiger partial charge on any atom is 0.164 e. The van der Waals surface area contributed by atoms with E-state index in [0.717, 1.165) is 18.7 Å². The van der Waals surface area contributed by atoms with Gasteiger partial charge < -0.3 is 28.4 Å². The molecule has 0 N–H and O–H groups in total. The fourth-order valence-corrected chi connectivity index (χ4v) is 5.82. The highest BCUT2D eigenvalue weighted by atomic mass is 16.8. The number of rotatable bonds is 8. The molecule has 1 saturated heterocycles. The van der Waals surface area contributed by atoms with Crippen LogP contribution in [0.5, 0.6) is 11.5 Å². The second-order valence-corrected chi connectivity index (χ2v) is 9.76. The topological polar surface area (TPSA) is 58.6 Å². The molecule has 2 heterocycles. The average molecular weight is 482 g/mol. The summed E-state index contributed by atoms with van der Waals surface area (Å²) in [7, 11) is 4.96. The molecule has 0 bridgehead atoms. The highest BCUT2D eigenvalue weighted by Crippen LogP contribution is 2.51. The van der Waals surface area contributed by atoms with E-state index in [-0.39, 0.29) is 37.1 Å². The summed E-state index contributed by atoms with van der Waals surface area (Å²) in [6.45, 7) is 5.77. The Labute approximate surface area is 207 Å². The summed E-state index contributed by atoms with van der Waals surface area (Å²) in [5.74, 6) is 0.666. The van der Waals surface area contributed by atoms with Crippen LogP contribution in [-0.4, -0.2) is 69.7 Å². The van der Waals surface area contributed by atoms with Crippen molar-refractivity contribution in [2.75, 3.05) is 34.7 Å². The van der Waals surface area contributed by atoms with Crippen LogP contribution < -0.4 is 9.47 Å². The molecular weight excluding hydrogens is 446 g/mol. The summed E-state index contributed by atoms with van der Waals surface area (Å²) in [6, 6.07) is 16.8. The number of nitrogens with zero attached hydrogens (tertiary/aromatic N) is 1. The Kier molecular flexibility index (Phi) is 6.88. The molecule has 0 aromatic heterocycles. The van der Waals surface area contributed by atoms with Crippen LogP contribution >= 0.6 is 0 Å². The van der Waals surface area contributed by atoms with Gasteiger partial charge in [-0.1, -0.05) is 42.5 Å². The molecule has 35 heavy (non-hydrogen) atoms. The maximum absolute atomic E-state index is 6.46. The molecule has 2 fully saturated rings. The first kappa shape index (κ1) is 24.3. The fraction of sp³-hybridized carbons (Fsp3) is 0.500. The van der Waals surface area contributed by atoms with Crippen LogP contribution in [0.2, 0.25) is 0 Å². The van der Waals surface area contributed by atoms with E-state index in [0.29, 0.717) is 11.5 Å². The minimum absolute atomic E-state index is 0.0267. The van der Waals surface area contributed by atoms with Gasteiger partial charge in [0.1, 0.15) is 19.0 Å². The number of ether oxygens (including phenoxy) is 6. The molecule has 0 unspecified atom stereocenters. The van der Waals surface area contributed by atoms with E-state index in [9.17, 15) is 0 Å². The number of methoxy groups -OCH3 is 3. The van der Waals surface area contributed by atoms with E-state index in [1.54, 1.807) is 21.3 Å². The van der Waals surface area contributed by atoms with Gasteiger partial charge in [0.2, 0.25) is 0 Å². The van der Waals surface area contributed by atoms with Gasteiger partial charge in [-0.15, -0.1) is 0 Å². The van der Waals surface area contributed by atoms with E-state index in [1.807, 2.05) is 19.9 Å². The lowest BCUT2D eigenvalue weighted by Gasteiger charge is -2.46. The molecule has 0 radical (unpaired) electrons. The Morgan fingerprint density at radius 2 is 1.74 bits per heavy atom. The van der Waals surface area contributed by atoms with E-state index < -0.39 is 5.79 Å². The van der Waals surface area contributed by atoms with Gasteiger partial charge >= 0.3 is 0 Å². The lowest BCUT2D eigenvalue weighted by atomic mass is 9.72. The van der Waals surface area contributed by atoms with Crippen LogP contribution in [0.15, 0.2) is 60.2 Å². The molecular formula is C28H35NO6. The molecule has 1 aliphatic carbocycles.